The van der Waals surface area contributed by atoms with Crippen LogP contribution in [0.5, 0.6) is 0 Å². The molecule has 0 unspecified atom stereocenters. The summed E-state index contributed by atoms with van der Waals surface area (Å²) >= 11 is 0. The maximum absolute atomic E-state index is 11.7. The van der Waals surface area contributed by atoms with E-state index in [-0.39, 0.29) is 6.42 Å². The predicted octanol–water partition coefficient (Wildman–Crippen LogP) is 1.71. The molecule has 0 atom stereocenters. The molecule has 1 saturated heterocycles. The summed E-state index contributed by atoms with van der Waals surface area (Å²) in [4.78, 5) is 1.73. The molecule has 1 aliphatic heterocycles. The van der Waals surface area contributed by atoms with Gasteiger partial charge in [0, 0.05) is 25.9 Å². The molecule has 0 radical (unpaired) electrons. The molecule has 1 N–H and O–H groups in total. The van der Waals surface area contributed by atoms with Gasteiger partial charge >= 0.3 is 0 Å². The molecule has 1 fully saturated rings. The highest BCUT2D eigenvalue weighted by Gasteiger charge is 2.17. The highest BCUT2D eigenvalue weighted by atomic mass is 19.3. The van der Waals surface area contributed by atoms with E-state index in [9.17, 15) is 8.78 Å². The van der Waals surface area contributed by atoms with Crippen LogP contribution in [-0.4, -0.2) is 30.3 Å². The van der Waals surface area contributed by atoms with E-state index in [1.807, 2.05) is 0 Å². The lowest BCUT2D eigenvalue weighted by Gasteiger charge is -2.16. The van der Waals surface area contributed by atoms with Crippen LogP contribution in [0.3, 0.4) is 0 Å². The molecule has 0 aromatic heterocycles. The molecule has 1 aliphatic rings. The van der Waals surface area contributed by atoms with Gasteiger partial charge in [0.05, 0.1) is 5.84 Å². The van der Waals surface area contributed by atoms with Gasteiger partial charge in [-0.3, -0.25) is 5.41 Å². The van der Waals surface area contributed by atoms with Crippen molar-refractivity contribution >= 4 is 5.84 Å². The topological polar surface area (TPSA) is 27.1 Å². The standard InChI is InChI=1S/C7H12F2N2/c8-6(9)3-5-11-4-1-2-7(11)10/h6,10H,1-5H2. The molecule has 0 saturated carbocycles. The smallest absolute Gasteiger partial charge is 0.240 e. The minimum atomic E-state index is -2.23. The Morgan fingerprint density at radius 2 is 2.27 bits per heavy atom. The first-order valence-corrected chi connectivity index (χ1v) is 3.80. The molecular formula is C7H12F2N2. The third-order valence-electron chi connectivity index (χ3n) is 1.84. The van der Waals surface area contributed by atoms with Gasteiger partial charge in [-0.15, -0.1) is 0 Å². The van der Waals surface area contributed by atoms with Crippen molar-refractivity contribution in [1.29, 1.82) is 5.41 Å². The highest BCUT2D eigenvalue weighted by Crippen LogP contribution is 2.11. The average molecular weight is 162 g/mol. The van der Waals surface area contributed by atoms with Crippen molar-refractivity contribution in [3.05, 3.63) is 0 Å². The Balaban J connectivity index is 2.20. The largest absolute Gasteiger partial charge is 0.360 e. The number of hydrogen-bond donors (Lipinski definition) is 1. The van der Waals surface area contributed by atoms with E-state index in [4.69, 9.17) is 5.41 Å². The lowest BCUT2D eigenvalue weighted by atomic mass is 10.4. The maximum atomic E-state index is 11.7. The zero-order valence-electron chi connectivity index (χ0n) is 6.32. The molecule has 0 amide bonds. The summed E-state index contributed by atoms with van der Waals surface area (Å²) in [7, 11) is 0. The number of hydrogen-bond acceptors (Lipinski definition) is 1. The molecule has 1 heterocycles. The number of nitrogens with one attached hydrogen (secondary N) is 1. The molecule has 0 bridgehead atoms. The molecule has 0 spiro atoms. The van der Waals surface area contributed by atoms with Gasteiger partial charge < -0.3 is 4.90 Å². The Morgan fingerprint density at radius 3 is 2.73 bits per heavy atom. The molecule has 64 valence electrons. The van der Waals surface area contributed by atoms with Crippen molar-refractivity contribution in [3.63, 3.8) is 0 Å². The quantitative estimate of drug-likeness (QED) is 0.672. The van der Waals surface area contributed by atoms with Gasteiger partial charge in [-0.2, -0.15) is 0 Å². The van der Waals surface area contributed by atoms with Gasteiger partial charge in [-0.05, 0) is 6.42 Å². The number of amidine groups is 1. The van der Waals surface area contributed by atoms with Crippen LogP contribution in [-0.2, 0) is 0 Å². The second kappa shape index (κ2) is 3.64. The molecule has 0 aromatic carbocycles. The zero-order valence-corrected chi connectivity index (χ0v) is 6.32. The Labute approximate surface area is 64.7 Å². The second-order valence-electron chi connectivity index (χ2n) is 2.72. The van der Waals surface area contributed by atoms with E-state index >= 15 is 0 Å². The minimum absolute atomic E-state index is 0.109. The highest BCUT2D eigenvalue weighted by molar-refractivity contribution is 5.80. The van der Waals surface area contributed by atoms with E-state index in [1.54, 1.807) is 4.90 Å². The van der Waals surface area contributed by atoms with Crippen LogP contribution in [0.4, 0.5) is 8.78 Å². The van der Waals surface area contributed by atoms with Crippen molar-refractivity contribution in [2.75, 3.05) is 13.1 Å². The van der Waals surface area contributed by atoms with E-state index < -0.39 is 6.43 Å². The van der Waals surface area contributed by atoms with Gasteiger partial charge in [0.15, 0.2) is 0 Å². The Kier molecular flexibility index (Phi) is 2.79. The van der Waals surface area contributed by atoms with E-state index in [1.165, 1.54) is 0 Å². The number of halogens is 2. The number of likely N-dealkylation sites (tertiary alicyclic amines) is 1. The van der Waals surface area contributed by atoms with Crippen LogP contribution >= 0.6 is 0 Å². The van der Waals surface area contributed by atoms with Crippen LogP contribution in [0.25, 0.3) is 0 Å². The molecule has 0 aliphatic carbocycles. The zero-order chi connectivity index (χ0) is 8.27. The Bertz CT molecular complexity index is 147. The van der Waals surface area contributed by atoms with Crippen molar-refractivity contribution in [2.45, 2.75) is 25.7 Å². The van der Waals surface area contributed by atoms with Crippen LogP contribution < -0.4 is 0 Å². The van der Waals surface area contributed by atoms with Gasteiger partial charge in [-0.1, -0.05) is 0 Å². The van der Waals surface area contributed by atoms with Gasteiger partial charge in [0.2, 0.25) is 6.43 Å². The third kappa shape index (κ3) is 2.44. The fourth-order valence-corrected chi connectivity index (χ4v) is 1.23. The predicted molar refractivity (Wildman–Crippen MR) is 39.2 cm³/mol. The molecule has 4 heteroatoms. The van der Waals surface area contributed by atoms with Crippen LogP contribution in [0.2, 0.25) is 0 Å². The lowest BCUT2D eigenvalue weighted by molar-refractivity contribution is 0.129. The van der Waals surface area contributed by atoms with Gasteiger partial charge in [-0.25, -0.2) is 8.78 Å². The summed E-state index contributed by atoms with van der Waals surface area (Å²) in [5, 5.41) is 7.33. The third-order valence-corrected chi connectivity index (χ3v) is 1.84. The molecule has 11 heavy (non-hydrogen) atoms. The number of nitrogens with zero attached hydrogens (tertiary/aromatic N) is 1. The first-order chi connectivity index (χ1) is 5.20. The van der Waals surface area contributed by atoms with Crippen molar-refractivity contribution in [1.82, 2.24) is 4.90 Å². The Hall–Kier alpha value is -0.670. The summed E-state index contributed by atoms with van der Waals surface area (Å²) in [6.07, 6.45) is -0.642. The minimum Gasteiger partial charge on any atom is -0.360 e. The summed E-state index contributed by atoms with van der Waals surface area (Å²) in [6, 6.07) is 0. The van der Waals surface area contributed by atoms with Crippen molar-refractivity contribution in [2.24, 2.45) is 0 Å². The number of rotatable bonds is 3. The molecule has 0 aromatic rings. The van der Waals surface area contributed by atoms with Crippen LogP contribution in [0, 0.1) is 5.41 Å². The Morgan fingerprint density at radius 1 is 1.55 bits per heavy atom. The van der Waals surface area contributed by atoms with Crippen LogP contribution in [0.15, 0.2) is 0 Å². The van der Waals surface area contributed by atoms with Crippen LogP contribution in [0.1, 0.15) is 19.3 Å². The van der Waals surface area contributed by atoms with Crippen molar-refractivity contribution < 1.29 is 8.78 Å². The summed E-state index contributed by atoms with van der Waals surface area (Å²) in [5.74, 6) is 0.519. The van der Waals surface area contributed by atoms with E-state index in [0.29, 0.717) is 12.4 Å². The first-order valence-electron chi connectivity index (χ1n) is 3.80. The van der Waals surface area contributed by atoms with Gasteiger partial charge in [0.1, 0.15) is 0 Å². The average Bonchev–Trinajstić information content (AvgIpc) is 2.31. The number of alkyl halides is 2. The summed E-state index contributed by atoms with van der Waals surface area (Å²) in [5.41, 5.74) is 0. The summed E-state index contributed by atoms with van der Waals surface area (Å²) < 4.78 is 23.4. The maximum Gasteiger partial charge on any atom is 0.240 e. The fourth-order valence-electron chi connectivity index (χ4n) is 1.23. The van der Waals surface area contributed by atoms with E-state index in [2.05, 4.69) is 0 Å². The fraction of sp³-hybridized carbons (Fsp3) is 0.857. The normalized spacial score (nSPS) is 18.5. The van der Waals surface area contributed by atoms with E-state index in [0.717, 1.165) is 19.4 Å². The molecule has 1 rings (SSSR count). The molecule has 2 nitrogen and oxygen atoms in total. The first kappa shape index (κ1) is 8.43. The molecular weight excluding hydrogens is 150 g/mol. The monoisotopic (exact) mass is 162 g/mol. The second-order valence-corrected chi connectivity index (χ2v) is 2.72. The SMILES string of the molecule is N=C1CCCN1CCC(F)F. The van der Waals surface area contributed by atoms with Gasteiger partial charge in [0.25, 0.3) is 0 Å². The van der Waals surface area contributed by atoms with Crippen molar-refractivity contribution in [3.8, 4) is 0 Å². The summed E-state index contributed by atoms with van der Waals surface area (Å²) in [6.45, 7) is 1.13. The lowest BCUT2D eigenvalue weighted by Crippen LogP contribution is -2.26.